The van der Waals surface area contributed by atoms with E-state index < -0.39 is 0 Å². The molecule has 0 bridgehead atoms. The smallest absolute Gasteiger partial charge is 0.410 e. The van der Waals surface area contributed by atoms with Gasteiger partial charge in [-0.2, -0.15) is 0 Å². The second kappa shape index (κ2) is 5.63. The molecule has 2 aliphatic heterocycles. The third kappa shape index (κ3) is 2.78. The van der Waals surface area contributed by atoms with Crippen LogP contribution in [0, 0.1) is 6.92 Å². The maximum absolute atomic E-state index is 11.6. The van der Waals surface area contributed by atoms with E-state index in [0.29, 0.717) is 13.1 Å². The van der Waals surface area contributed by atoms with Gasteiger partial charge in [0, 0.05) is 38.2 Å². The normalized spacial score (nSPS) is 24.1. The van der Waals surface area contributed by atoms with Crippen LogP contribution in [0.3, 0.4) is 0 Å². The number of aryl methyl sites for hydroxylation is 1. The molecule has 24 heavy (non-hydrogen) atoms. The lowest BCUT2D eigenvalue weighted by Gasteiger charge is -2.21. The molecule has 1 amide bonds. The molecular weight excluding hydrogens is 306 g/mol. The van der Waals surface area contributed by atoms with Crippen LogP contribution in [0.15, 0.2) is 34.9 Å². The Morgan fingerprint density at radius 3 is 2.75 bits per heavy atom. The topological polar surface area (TPSA) is 58.8 Å². The largest absolute Gasteiger partial charge is 0.439 e. The molecule has 0 N–H and O–H groups in total. The second-order valence-electron chi connectivity index (χ2n) is 6.91. The van der Waals surface area contributed by atoms with Crippen LogP contribution in [-0.4, -0.2) is 53.3 Å². The SMILES string of the molecule is Cc1ccc(-c2cc(CN3CC[C@]4(C3)CN(C)C(=O)O4)on2)cc1. The predicted octanol–water partition coefficient (Wildman–Crippen LogP) is 2.68. The van der Waals surface area contributed by atoms with Crippen molar-refractivity contribution in [2.75, 3.05) is 26.7 Å². The van der Waals surface area contributed by atoms with Crippen LogP contribution in [0.5, 0.6) is 0 Å². The molecule has 2 aliphatic rings. The van der Waals surface area contributed by atoms with Gasteiger partial charge in [0.05, 0.1) is 13.1 Å². The van der Waals surface area contributed by atoms with Crippen molar-refractivity contribution in [1.29, 1.82) is 0 Å². The summed E-state index contributed by atoms with van der Waals surface area (Å²) in [7, 11) is 1.78. The summed E-state index contributed by atoms with van der Waals surface area (Å²) in [5, 5.41) is 4.18. The second-order valence-corrected chi connectivity index (χ2v) is 6.91. The zero-order chi connectivity index (χ0) is 16.7. The quantitative estimate of drug-likeness (QED) is 0.867. The Morgan fingerprint density at radius 1 is 1.25 bits per heavy atom. The molecule has 0 saturated carbocycles. The van der Waals surface area contributed by atoms with Gasteiger partial charge >= 0.3 is 6.09 Å². The molecule has 1 aromatic heterocycles. The monoisotopic (exact) mass is 327 g/mol. The van der Waals surface area contributed by atoms with Crippen molar-refractivity contribution in [3.05, 3.63) is 41.7 Å². The molecule has 2 saturated heterocycles. The van der Waals surface area contributed by atoms with Crippen molar-refractivity contribution in [2.45, 2.75) is 25.5 Å². The summed E-state index contributed by atoms with van der Waals surface area (Å²) in [6, 6.07) is 10.2. The molecule has 2 fully saturated rings. The molecule has 126 valence electrons. The number of aromatic nitrogens is 1. The van der Waals surface area contributed by atoms with Gasteiger partial charge in [0.15, 0.2) is 5.76 Å². The number of hydrogen-bond acceptors (Lipinski definition) is 5. The van der Waals surface area contributed by atoms with Crippen molar-refractivity contribution in [3.8, 4) is 11.3 Å². The Bertz CT molecular complexity index is 755. The maximum atomic E-state index is 11.6. The summed E-state index contributed by atoms with van der Waals surface area (Å²) in [5.74, 6) is 0.834. The van der Waals surface area contributed by atoms with Gasteiger partial charge in [-0.3, -0.25) is 4.90 Å². The van der Waals surface area contributed by atoms with Gasteiger partial charge in [-0.15, -0.1) is 0 Å². The average molecular weight is 327 g/mol. The van der Waals surface area contributed by atoms with E-state index in [2.05, 4.69) is 41.2 Å². The number of carbonyl (C=O) groups excluding carboxylic acids is 1. The third-order valence-corrected chi connectivity index (χ3v) is 4.82. The summed E-state index contributed by atoms with van der Waals surface area (Å²) in [5.41, 5.74) is 2.78. The highest BCUT2D eigenvalue weighted by atomic mass is 16.6. The standard InChI is InChI=1S/C18H21N3O3/c1-13-3-5-14(6-4-13)16-9-15(24-19-16)10-21-8-7-18(12-21)11-20(2)17(22)23-18/h3-6,9H,7-8,10-12H2,1-2H3/t18-/m1/s1. The van der Waals surface area contributed by atoms with Crippen molar-refractivity contribution in [1.82, 2.24) is 15.0 Å². The van der Waals surface area contributed by atoms with E-state index in [-0.39, 0.29) is 11.7 Å². The molecule has 6 nitrogen and oxygen atoms in total. The number of benzene rings is 1. The van der Waals surface area contributed by atoms with E-state index in [1.807, 2.05) is 6.07 Å². The number of carbonyl (C=O) groups is 1. The lowest BCUT2D eigenvalue weighted by atomic mass is 10.0. The summed E-state index contributed by atoms with van der Waals surface area (Å²) in [6.07, 6.45) is 0.639. The Balaban J connectivity index is 1.42. The van der Waals surface area contributed by atoms with Gasteiger partial charge < -0.3 is 14.2 Å². The molecule has 1 atom stereocenters. The average Bonchev–Trinajstić information content (AvgIpc) is 3.22. The van der Waals surface area contributed by atoms with Crippen molar-refractivity contribution >= 4 is 6.09 Å². The van der Waals surface area contributed by atoms with E-state index in [4.69, 9.17) is 9.26 Å². The highest BCUT2D eigenvalue weighted by Gasteiger charge is 2.48. The number of ether oxygens (including phenoxy) is 1. The molecule has 4 rings (SSSR count). The zero-order valence-electron chi connectivity index (χ0n) is 14.0. The van der Waals surface area contributed by atoms with Gasteiger partial charge in [0.1, 0.15) is 11.3 Å². The van der Waals surface area contributed by atoms with Gasteiger partial charge in [-0.05, 0) is 6.92 Å². The van der Waals surface area contributed by atoms with Crippen molar-refractivity contribution in [3.63, 3.8) is 0 Å². The van der Waals surface area contributed by atoms with Gasteiger partial charge in [-0.25, -0.2) is 4.79 Å². The van der Waals surface area contributed by atoms with Crippen LogP contribution in [0.2, 0.25) is 0 Å². The van der Waals surface area contributed by atoms with Crippen molar-refractivity contribution in [2.24, 2.45) is 0 Å². The first kappa shape index (κ1) is 15.2. The highest BCUT2D eigenvalue weighted by molar-refractivity contribution is 5.70. The van der Waals surface area contributed by atoms with E-state index in [0.717, 1.165) is 36.5 Å². The fraction of sp³-hybridized carbons (Fsp3) is 0.444. The Morgan fingerprint density at radius 2 is 2.04 bits per heavy atom. The van der Waals surface area contributed by atoms with Crippen LogP contribution in [0.25, 0.3) is 11.3 Å². The predicted molar refractivity (Wildman–Crippen MR) is 88.4 cm³/mol. The van der Waals surface area contributed by atoms with E-state index >= 15 is 0 Å². The lowest BCUT2D eigenvalue weighted by molar-refractivity contribution is 0.0619. The zero-order valence-corrected chi connectivity index (χ0v) is 14.0. The third-order valence-electron chi connectivity index (χ3n) is 4.82. The first-order chi connectivity index (χ1) is 11.5. The first-order valence-electron chi connectivity index (χ1n) is 8.22. The molecule has 1 aromatic carbocycles. The number of rotatable bonds is 3. The van der Waals surface area contributed by atoms with E-state index in [1.165, 1.54) is 5.56 Å². The van der Waals surface area contributed by atoms with Gasteiger partial charge in [0.2, 0.25) is 0 Å². The van der Waals surface area contributed by atoms with Gasteiger partial charge in [0.25, 0.3) is 0 Å². The molecule has 3 heterocycles. The van der Waals surface area contributed by atoms with Crippen molar-refractivity contribution < 1.29 is 14.1 Å². The van der Waals surface area contributed by atoms with Crippen LogP contribution >= 0.6 is 0 Å². The Kier molecular flexibility index (Phi) is 3.57. The van der Waals surface area contributed by atoms with E-state index in [1.54, 1.807) is 11.9 Å². The molecule has 1 spiro atoms. The van der Waals surface area contributed by atoms with Crippen LogP contribution < -0.4 is 0 Å². The molecular formula is C18H21N3O3. The Hall–Kier alpha value is -2.34. The van der Waals surface area contributed by atoms with Gasteiger partial charge in [-0.1, -0.05) is 35.0 Å². The number of amides is 1. The molecule has 0 unspecified atom stereocenters. The lowest BCUT2D eigenvalue weighted by Crippen LogP contribution is -2.36. The van der Waals surface area contributed by atoms with E-state index in [9.17, 15) is 4.79 Å². The minimum Gasteiger partial charge on any atom is -0.439 e. The number of hydrogen-bond donors (Lipinski definition) is 0. The maximum Gasteiger partial charge on any atom is 0.410 e. The van der Waals surface area contributed by atoms with Crippen LogP contribution in [0.4, 0.5) is 4.79 Å². The molecule has 0 aliphatic carbocycles. The molecule has 0 radical (unpaired) electrons. The summed E-state index contributed by atoms with van der Waals surface area (Å²) < 4.78 is 11.1. The number of likely N-dealkylation sites (N-methyl/N-ethyl adjacent to an activating group) is 1. The summed E-state index contributed by atoms with van der Waals surface area (Å²) in [4.78, 5) is 15.5. The molecule has 6 heteroatoms. The van der Waals surface area contributed by atoms with Crippen LogP contribution in [0.1, 0.15) is 17.7 Å². The Labute approximate surface area is 141 Å². The highest BCUT2D eigenvalue weighted by Crippen LogP contribution is 2.32. The summed E-state index contributed by atoms with van der Waals surface area (Å²) >= 11 is 0. The van der Waals surface area contributed by atoms with Crippen LogP contribution in [-0.2, 0) is 11.3 Å². The minimum absolute atomic E-state index is 0.224. The first-order valence-corrected chi connectivity index (χ1v) is 8.22. The number of likely N-dealkylation sites (tertiary alicyclic amines) is 1. The number of nitrogens with zero attached hydrogens (tertiary/aromatic N) is 3. The fourth-order valence-corrected chi connectivity index (χ4v) is 3.54. The molecule has 2 aromatic rings. The minimum atomic E-state index is -0.356. The fourth-order valence-electron chi connectivity index (χ4n) is 3.54. The summed E-state index contributed by atoms with van der Waals surface area (Å²) in [6.45, 7) is 5.04.